The second-order valence-electron chi connectivity index (χ2n) is 10.9. The Morgan fingerprint density at radius 3 is 2.24 bits per heavy atom. The molecule has 12 heteroatoms. The van der Waals surface area contributed by atoms with Crippen LogP contribution in [-0.2, 0) is 17.9 Å². The van der Waals surface area contributed by atoms with Crippen molar-refractivity contribution in [3.8, 4) is 5.69 Å². The van der Waals surface area contributed by atoms with Gasteiger partial charge in [0.25, 0.3) is 11.5 Å². The number of fused-ring (bicyclic) bond motifs is 1. The van der Waals surface area contributed by atoms with Gasteiger partial charge in [-0.25, -0.2) is 14.2 Å². The average molecular weight is 625 g/mol. The number of hydrogen-bond acceptors (Lipinski definition) is 7. The Balaban J connectivity index is 1.18. The summed E-state index contributed by atoms with van der Waals surface area (Å²) in [6.45, 7) is 3.45. The molecule has 0 saturated carbocycles. The van der Waals surface area contributed by atoms with Crippen molar-refractivity contribution in [1.82, 2.24) is 24.6 Å². The number of amides is 2. The zero-order valence-corrected chi connectivity index (χ0v) is 25.0. The van der Waals surface area contributed by atoms with Crippen LogP contribution in [-0.4, -0.2) is 62.7 Å². The van der Waals surface area contributed by atoms with Crippen LogP contribution in [0.2, 0.25) is 0 Å². The fraction of sp³-hybridized carbons (Fsp3) is 0.206. The number of halogens is 2. The molecular formula is C34H30F2N6O4. The van der Waals surface area contributed by atoms with Crippen molar-refractivity contribution < 1.29 is 23.2 Å². The molecule has 0 spiro atoms. The van der Waals surface area contributed by atoms with Gasteiger partial charge in [0.1, 0.15) is 12.4 Å². The fourth-order valence-electron chi connectivity index (χ4n) is 5.26. The maximum absolute atomic E-state index is 14.7. The van der Waals surface area contributed by atoms with Gasteiger partial charge in [-0.15, -0.1) is 0 Å². The van der Waals surface area contributed by atoms with Crippen LogP contribution in [0, 0.1) is 12.7 Å². The third kappa shape index (κ3) is 6.55. The van der Waals surface area contributed by atoms with E-state index in [1.165, 1.54) is 47.0 Å². The first kappa shape index (κ1) is 30.4. The van der Waals surface area contributed by atoms with Crippen LogP contribution in [0.15, 0.2) is 95.8 Å². The molecule has 2 amide bonds. The summed E-state index contributed by atoms with van der Waals surface area (Å²) in [5.41, 5.74) is 2.56. The Kier molecular flexibility index (Phi) is 8.68. The summed E-state index contributed by atoms with van der Waals surface area (Å²) in [7, 11) is 0. The van der Waals surface area contributed by atoms with E-state index in [-0.39, 0.29) is 35.5 Å². The van der Waals surface area contributed by atoms with Crippen LogP contribution in [0.5, 0.6) is 0 Å². The molecule has 0 aliphatic carbocycles. The highest BCUT2D eigenvalue weighted by molar-refractivity contribution is 5.93. The standard InChI is InChI=1S/C34H30F2N6O4/c1-23-29-15-16-30(43)42(28-13-9-26(10-14-28)32(44)41(36)21-24-7-11-27(35)12-8-24)31(29)38-33(37-23)39-17-19-40(20-18-39)34(45)46-22-25-5-3-2-4-6-25/h2-16H,17-22H2,1H3. The van der Waals surface area contributed by atoms with Crippen molar-refractivity contribution in [1.29, 1.82) is 0 Å². The molecule has 1 fully saturated rings. The van der Waals surface area contributed by atoms with E-state index in [9.17, 15) is 23.3 Å². The van der Waals surface area contributed by atoms with E-state index in [2.05, 4.69) is 4.98 Å². The lowest BCUT2D eigenvalue weighted by atomic mass is 10.1. The minimum absolute atomic E-state index is 0.0535. The van der Waals surface area contributed by atoms with Gasteiger partial charge < -0.3 is 14.5 Å². The quantitative estimate of drug-likeness (QED) is 0.229. The Morgan fingerprint density at radius 2 is 1.54 bits per heavy atom. The predicted octanol–water partition coefficient (Wildman–Crippen LogP) is 5.21. The molecule has 2 aromatic heterocycles. The van der Waals surface area contributed by atoms with Crippen LogP contribution in [0.4, 0.5) is 19.6 Å². The summed E-state index contributed by atoms with van der Waals surface area (Å²) in [5.74, 6) is -0.904. The minimum atomic E-state index is -0.871. The average Bonchev–Trinajstić information content (AvgIpc) is 3.08. The number of hydrogen-bond donors (Lipinski definition) is 0. The van der Waals surface area contributed by atoms with Crippen molar-refractivity contribution in [3.05, 3.63) is 130 Å². The molecule has 0 unspecified atom stereocenters. The topological polar surface area (TPSA) is 101 Å². The van der Waals surface area contributed by atoms with Crippen molar-refractivity contribution >= 4 is 29.0 Å². The van der Waals surface area contributed by atoms with E-state index < -0.39 is 11.7 Å². The SMILES string of the molecule is Cc1nc(N2CCN(C(=O)OCc3ccccc3)CC2)nc2c1ccc(=O)n2-c1ccc(C(=O)N(F)Cc2ccc(F)cc2)cc1. The molecule has 0 radical (unpaired) electrons. The molecule has 0 atom stereocenters. The van der Waals surface area contributed by atoms with Crippen molar-refractivity contribution in [2.45, 2.75) is 20.1 Å². The second-order valence-corrected chi connectivity index (χ2v) is 10.9. The van der Waals surface area contributed by atoms with Crippen LogP contribution in [0.1, 0.15) is 27.2 Å². The van der Waals surface area contributed by atoms with E-state index in [4.69, 9.17) is 9.72 Å². The van der Waals surface area contributed by atoms with Gasteiger partial charge >= 0.3 is 6.09 Å². The zero-order chi connectivity index (χ0) is 32.2. The van der Waals surface area contributed by atoms with E-state index in [1.54, 1.807) is 23.1 Å². The lowest BCUT2D eigenvalue weighted by molar-refractivity contribution is 0.0148. The lowest BCUT2D eigenvalue weighted by Crippen LogP contribution is -2.49. The second kappa shape index (κ2) is 13.1. The molecule has 234 valence electrons. The zero-order valence-electron chi connectivity index (χ0n) is 25.0. The van der Waals surface area contributed by atoms with Crippen molar-refractivity contribution in [2.24, 2.45) is 0 Å². The van der Waals surface area contributed by atoms with Gasteiger partial charge in [0.2, 0.25) is 5.95 Å². The highest BCUT2D eigenvalue weighted by Crippen LogP contribution is 2.22. The Bertz CT molecular complexity index is 1930. The summed E-state index contributed by atoms with van der Waals surface area (Å²) < 4.78 is 34.8. The van der Waals surface area contributed by atoms with E-state index in [1.807, 2.05) is 42.2 Å². The van der Waals surface area contributed by atoms with Crippen LogP contribution < -0.4 is 10.5 Å². The van der Waals surface area contributed by atoms with Gasteiger partial charge in [0.05, 0.1) is 17.9 Å². The number of piperazine rings is 1. The van der Waals surface area contributed by atoms with E-state index >= 15 is 0 Å². The molecule has 1 aliphatic rings. The molecule has 1 aliphatic heterocycles. The van der Waals surface area contributed by atoms with E-state index in [0.29, 0.717) is 60.1 Å². The van der Waals surface area contributed by atoms with E-state index in [0.717, 1.165) is 5.56 Å². The lowest BCUT2D eigenvalue weighted by Gasteiger charge is -2.34. The third-order valence-corrected chi connectivity index (χ3v) is 7.78. The predicted molar refractivity (Wildman–Crippen MR) is 168 cm³/mol. The molecule has 10 nitrogen and oxygen atoms in total. The molecule has 3 aromatic carbocycles. The van der Waals surface area contributed by atoms with Gasteiger partial charge in [-0.3, -0.25) is 14.2 Å². The Labute approximate surface area is 263 Å². The molecule has 46 heavy (non-hydrogen) atoms. The number of carbonyl (C=O) groups excluding carboxylic acids is 2. The third-order valence-electron chi connectivity index (χ3n) is 7.78. The van der Waals surface area contributed by atoms with Crippen LogP contribution in [0.3, 0.4) is 0 Å². The Morgan fingerprint density at radius 1 is 0.848 bits per heavy atom. The van der Waals surface area contributed by atoms with Crippen molar-refractivity contribution in [2.75, 3.05) is 31.1 Å². The number of aromatic nitrogens is 3. The van der Waals surface area contributed by atoms with Crippen molar-refractivity contribution in [3.63, 3.8) is 0 Å². The first-order chi connectivity index (χ1) is 22.3. The monoisotopic (exact) mass is 624 g/mol. The molecule has 0 bridgehead atoms. The number of nitrogens with zero attached hydrogens (tertiary/aromatic N) is 6. The maximum Gasteiger partial charge on any atom is 0.410 e. The molecule has 3 heterocycles. The summed E-state index contributed by atoms with van der Waals surface area (Å²) in [6, 6.07) is 23.8. The highest BCUT2D eigenvalue weighted by Gasteiger charge is 2.25. The number of carbonyl (C=O) groups is 2. The van der Waals surface area contributed by atoms with Crippen LogP contribution >= 0.6 is 0 Å². The molecule has 5 aromatic rings. The normalized spacial score (nSPS) is 13.1. The smallest absolute Gasteiger partial charge is 0.410 e. The summed E-state index contributed by atoms with van der Waals surface area (Å²) in [4.78, 5) is 51.5. The fourth-order valence-corrected chi connectivity index (χ4v) is 5.26. The maximum atomic E-state index is 14.7. The largest absolute Gasteiger partial charge is 0.445 e. The summed E-state index contributed by atoms with van der Waals surface area (Å²) in [5, 5.41) is 0.721. The summed E-state index contributed by atoms with van der Waals surface area (Å²) >= 11 is 0. The van der Waals surface area contributed by atoms with Crippen LogP contribution in [0.25, 0.3) is 16.7 Å². The number of aryl methyl sites for hydroxylation is 1. The molecule has 1 saturated heterocycles. The van der Waals surface area contributed by atoms with Gasteiger partial charge in [-0.2, -0.15) is 10.1 Å². The van der Waals surface area contributed by atoms with Gasteiger partial charge in [0.15, 0.2) is 5.65 Å². The number of rotatable bonds is 7. The Hall–Kier alpha value is -5.65. The molecule has 0 N–H and O–H groups in total. The number of anilines is 1. The highest BCUT2D eigenvalue weighted by atomic mass is 19.2. The first-order valence-electron chi connectivity index (χ1n) is 14.7. The van der Waals surface area contributed by atoms with Gasteiger partial charge in [-0.1, -0.05) is 46.9 Å². The summed E-state index contributed by atoms with van der Waals surface area (Å²) in [6.07, 6.45) is -0.388. The first-order valence-corrected chi connectivity index (χ1v) is 14.7. The molecule has 6 rings (SSSR count). The number of pyridine rings is 1. The number of ether oxygens (including phenoxy) is 1. The van der Waals surface area contributed by atoms with Gasteiger partial charge in [-0.05, 0) is 60.5 Å². The minimum Gasteiger partial charge on any atom is -0.445 e. The van der Waals surface area contributed by atoms with Gasteiger partial charge in [0, 0.05) is 43.2 Å². The molecular weight excluding hydrogens is 594 g/mol. The number of benzene rings is 3.